The van der Waals surface area contributed by atoms with Crippen molar-refractivity contribution >= 4 is 17.5 Å². The highest BCUT2D eigenvalue weighted by atomic mass is 16.2. The number of rotatable bonds is 5. The van der Waals surface area contributed by atoms with E-state index in [1.165, 1.54) is 0 Å². The monoisotopic (exact) mass is 263 g/mol. The molecule has 1 rings (SSSR count). The summed E-state index contributed by atoms with van der Waals surface area (Å²) in [5.41, 5.74) is 7.83. The Bertz CT molecular complexity index is 472. The summed E-state index contributed by atoms with van der Waals surface area (Å²) >= 11 is 0. The van der Waals surface area contributed by atoms with Crippen LogP contribution in [0.25, 0.3) is 0 Å². The first kappa shape index (κ1) is 15.2. The molecule has 0 aliphatic rings. The Morgan fingerprint density at radius 2 is 2.05 bits per heavy atom. The molecule has 0 spiro atoms. The molecule has 2 amide bonds. The molecule has 0 saturated carbocycles. The lowest BCUT2D eigenvalue weighted by atomic mass is 10.1. The molecule has 4 N–H and O–H groups in total. The van der Waals surface area contributed by atoms with Gasteiger partial charge in [-0.3, -0.25) is 9.59 Å². The van der Waals surface area contributed by atoms with E-state index in [2.05, 4.69) is 10.6 Å². The molecule has 1 aromatic carbocycles. The van der Waals surface area contributed by atoms with Crippen molar-refractivity contribution in [3.8, 4) is 0 Å². The standard InChI is InChI=1S/C14H21N3O2/c1-4-5-11(15)14(19)17-12-7-6-10(8-9(12)2)13(18)16-3/h6-8,11H,4-5,15H2,1-3H3,(H,16,18)(H,17,19). The topological polar surface area (TPSA) is 84.2 Å². The highest BCUT2D eigenvalue weighted by Crippen LogP contribution is 2.17. The lowest BCUT2D eigenvalue weighted by Crippen LogP contribution is -2.35. The van der Waals surface area contributed by atoms with Gasteiger partial charge in [-0.15, -0.1) is 0 Å². The van der Waals surface area contributed by atoms with Crippen LogP contribution >= 0.6 is 0 Å². The number of hydrogen-bond acceptors (Lipinski definition) is 3. The van der Waals surface area contributed by atoms with Gasteiger partial charge in [0, 0.05) is 18.3 Å². The van der Waals surface area contributed by atoms with Crippen LogP contribution in [0.4, 0.5) is 5.69 Å². The minimum absolute atomic E-state index is 0.149. The molecule has 1 unspecified atom stereocenters. The van der Waals surface area contributed by atoms with E-state index in [1.54, 1.807) is 25.2 Å². The Morgan fingerprint density at radius 3 is 2.58 bits per heavy atom. The Hall–Kier alpha value is -1.88. The molecule has 0 bridgehead atoms. The zero-order valence-corrected chi connectivity index (χ0v) is 11.6. The number of nitrogens with two attached hydrogens (primary N) is 1. The third kappa shape index (κ3) is 4.06. The number of aryl methyl sites for hydroxylation is 1. The molecule has 0 radical (unpaired) electrons. The van der Waals surface area contributed by atoms with Gasteiger partial charge < -0.3 is 16.4 Å². The molecule has 19 heavy (non-hydrogen) atoms. The molecule has 104 valence electrons. The molecular weight excluding hydrogens is 242 g/mol. The smallest absolute Gasteiger partial charge is 0.251 e. The third-order valence-corrected chi connectivity index (χ3v) is 2.91. The SMILES string of the molecule is CCCC(N)C(=O)Nc1ccc(C(=O)NC)cc1C. The van der Waals surface area contributed by atoms with Gasteiger partial charge in [0.2, 0.25) is 5.91 Å². The Kier molecular flexibility index (Phi) is 5.51. The van der Waals surface area contributed by atoms with E-state index in [1.807, 2.05) is 13.8 Å². The van der Waals surface area contributed by atoms with Crippen molar-refractivity contribution in [2.24, 2.45) is 5.73 Å². The third-order valence-electron chi connectivity index (χ3n) is 2.91. The van der Waals surface area contributed by atoms with Gasteiger partial charge in [-0.25, -0.2) is 0 Å². The summed E-state index contributed by atoms with van der Waals surface area (Å²) in [4.78, 5) is 23.3. The number of nitrogens with one attached hydrogen (secondary N) is 2. The van der Waals surface area contributed by atoms with E-state index < -0.39 is 6.04 Å². The molecular formula is C14H21N3O2. The maximum atomic E-state index is 11.8. The van der Waals surface area contributed by atoms with Crippen LogP contribution in [0.1, 0.15) is 35.7 Å². The minimum Gasteiger partial charge on any atom is -0.355 e. The first-order valence-corrected chi connectivity index (χ1v) is 6.38. The first-order valence-electron chi connectivity index (χ1n) is 6.38. The largest absolute Gasteiger partial charge is 0.355 e. The van der Waals surface area contributed by atoms with Crippen molar-refractivity contribution in [2.75, 3.05) is 12.4 Å². The summed E-state index contributed by atoms with van der Waals surface area (Å²) in [6.45, 7) is 3.82. The van der Waals surface area contributed by atoms with Crippen molar-refractivity contribution in [1.29, 1.82) is 0 Å². The summed E-state index contributed by atoms with van der Waals surface area (Å²) in [5.74, 6) is -0.346. The predicted molar refractivity (Wildman–Crippen MR) is 76.1 cm³/mol. The Morgan fingerprint density at radius 1 is 1.37 bits per heavy atom. The summed E-state index contributed by atoms with van der Waals surface area (Å²) in [6.07, 6.45) is 1.52. The van der Waals surface area contributed by atoms with Crippen molar-refractivity contribution in [2.45, 2.75) is 32.7 Å². The van der Waals surface area contributed by atoms with E-state index in [4.69, 9.17) is 5.73 Å². The van der Waals surface area contributed by atoms with E-state index in [0.29, 0.717) is 17.7 Å². The van der Waals surface area contributed by atoms with Gasteiger partial charge >= 0.3 is 0 Å². The van der Waals surface area contributed by atoms with Gasteiger partial charge in [0.25, 0.3) is 5.91 Å². The normalized spacial score (nSPS) is 11.8. The van der Waals surface area contributed by atoms with Gasteiger partial charge in [-0.05, 0) is 37.1 Å². The molecule has 1 atom stereocenters. The number of carbonyl (C=O) groups excluding carboxylic acids is 2. The molecule has 1 aromatic rings. The highest BCUT2D eigenvalue weighted by molar-refractivity contribution is 5.97. The fraction of sp³-hybridized carbons (Fsp3) is 0.429. The average Bonchev–Trinajstić information content (AvgIpc) is 2.40. The minimum atomic E-state index is -0.497. The zero-order valence-electron chi connectivity index (χ0n) is 11.6. The summed E-state index contributed by atoms with van der Waals surface area (Å²) in [5, 5.41) is 5.34. The van der Waals surface area contributed by atoms with E-state index in [-0.39, 0.29) is 11.8 Å². The summed E-state index contributed by atoms with van der Waals surface area (Å²) in [6, 6.07) is 4.63. The number of hydrogen-bond donors (Lipinski definition) is 3. The number of anilines is 1. The molecule has 0 aromatic heterocycles. The molecule has 0 aliphatic heterocycles. The maximum absolute atomic E-state index is 11.8. The van der Waals surface area contributed by atoms with Crippen LogP contribution in [-0.2, 0) is 4.79 Å². The van der Waals surface area contributed by atoms with Crippen LogP contribution in [0, 0.1) is 6.92 Å². The second-order valence-corrected chi connectivity index (χ2v) is 4.49. The van der Waals surface area contributed by atoms with Crippen LogP contribution in [0.15, 0.2) is 18.2 Å². The van der Waals surface area contributed by atoms with Crippen LogP contribution < -0.4 is 16.4 Å². The van der Waals surface area contributed by atoms with E-state index in [0.717, 1.165) is 12.0 Å². The number of benzene rings is 1. The van der Waals surface area contributed by atoms with Gasteiger partial charge in [-0.1, -0.05) is 13.3 Å². The van der Waals surface area contributed by atoms with Crippen molar-refractivity contribution in [3.05, 3.63) is 29.3 Å². The zero-order chi connectivity index (χ0) is 14.4. The van der Waals surface area contributed by atoms with Gasteiger partial charge in [0.05, 0.1) is 6.04 Å². The van der Waals surface area contributed by atoms with E-state index >= 15 is 0 Å². The van der Waals surface area contributed by atoms with Crippen LogP contribution in [-0.4, -0.2) is 24.9 Å². The number of amides is 2. The van der Waals surface area contributed by atoms with Crippen molar-refractivity contribution < 1.29 is 9.59 Å². The molecule has 5 heteroatoms. The fourth-order valence-electron chi connectivity index (χ4n) is 1.76. The molecule has 0 aliphatic carbocycles. The Labute approximate surface area is 113 Å². The lowest BCUT2D eigenvalue weighted by molar-refractivity contribution is -0.117. The molecule has 0 saturated heterocycles. The highest BCUT2D eigenvalue weighted by Gasteiger charge is 2.14. The number of carbonyl (C=O) groups is 2. The summed E-state index contributed by atoms with van der Waals surface area (Å²) < 4.78 is 0. The fourth-order valence-corrected chi connectivity index (χ4v) is 1.76. The first-order chi connectivity index (χ1) is 8.99. The average molecular weight is 263 g/mol. The van der Waals surface area contributed by atoms with Crippen molar-refractivity contribution in [3.63, 3.8) is 0 Å². The van der Waals surface area contributed by atoms with Crippen LogP contribution in [0.3, 0.4) is 0 Å². The van der Waals surface area contributed by atoms with Crippen molar-refractivity contribution in [1.82, 2.24) is 5.32 Å². The second-order valence-electron chi connectivity index (χ2n) is 4.49. The molecule has 5 nitrogen and oxygen atoms in total. The van der Waals surface area contributed by atoms with Gasteiger partial charge in [0.15, 0.2) is 0 Å². The van der Waals surface area contributed by atoms with Crippen LogP contribution in [0.5, 0.6) is 0 Å². The maximum Gasteiger partial charge on any atom is 0.251 e. The Balaban J connectivity index is 2.80. The molecule has 0 heterocycles. The quantitative estimate of drug-likeness (QED) is 0.751. The van der Waals surface area contributed by atoms with Gasteiger partial charge in [0.1, 0.15) is 0 Å². The lowest BCUT2D eigenvalue weighted by Gasteiger charge is -2.13. The second kappa shape index (κ2) is 6.89. The van der Waals surface area contributed by atoms with Gasteiger partial charge in [-0.2, -0.15) is 0 Å². The van der Waals surface area contributed by atoms with E-state index in [9.17, 15) is 9.59 Å². The molecule has 0 fully saturated rings. The summed E-state index contributed by atoms with van der Waals surface area (Å²) in [7, 11) is 1.58. The van der Waals surface area contributed by atoms with Crippen LogP contribution in [0.2, 0.25) is 0 Å². The predicted octanol–water partition coefficient (Wildman–Crippen LogP) is 1.42.